The van der Waals surface area contributed by atoms with Crippen molar-refractivity contribution in [2.75, 3.05) is 17.7 Å². The maximum atomic E-state index is 11.9. The van der Waals surface area contributed by atoms with E-state index in [4.69, 9.17) is 22.1 Å². The van der Waals surface area contributed by atoms with Gasteiger partial charge in [-0.15, -0.1) is 0 Å². The van der Waals surface area contributed by atoms with Gasteiger partial charge in [-0.2, -0.15) is 0 Å². The highest BCUT2D eigenvalue weighted by Gasteiger charge is 2.09. The van der Waals surface area contributed by atoms with E-state index in [0.717, 1.165) is 11.1 Å². The van der Waals surface area contributed by atoms with E-state index >= 15 is 0 Å². The maximum Gasteiger partial charge on any atom is 0.262 e. The highest BCUT2D eigenvalue weighted by molar-refractivity contribution is 6.30. The summed E-state index contributed by atoms with van der Waals surface area (Å²) in [4.78, 5) is 11.9. The Balaban J connectivity index is 1.97. The van der Waals surface area contributed by atoms with Crippen molar-refractivity contribution in [3.05, 3.63) is 52.5 Å². The van der Waals surface area contributed by atoms with Crippen molar-refractivity contribution in [2.24, 2.45) is 0 Å². The molecular weight excluding hydrogens is 288 g/mol. The number of halogens is 1. The van der Waals surface area contributed by atoms with Gasteiger partial charge in [0.25, 0.3) is 5.91 Å². The average molecular weight is 305 g/mol. The van der Waals surface area contributed by atoms with Gasteiger partial charge in [0, 0.05) is 5.02 Å². The SMILES string of the molecule is Cc1cc(C)c(NC(=O)COc2ccc(Cl)cc2)c(N)c1. The third-order valence-electron chi connectivity index (χ3n) is 2.96. The number of hydrogen-bond acceptors (Lipinski definition) is 3. The fourth-order valence-electron chi connectivity index (χ4n) is 2.03. The molecule has 0 aliphatic rings. The Kier molecular flexibility index (Phi) is 4.70. The number of nitrogen functional groups attached to an aromatic ring is 1. The lowest BCUT2D eigenvalue weighted by molar-refractivity contribution is -0.118. The van der Waals surface area contributed by atoms with Gasteiger partial charge < -0.3 is 15.8 Å². The van der Waals surface area contributed by atoms with Crippen molar-refractivity contribution < 1.29 is 9.53 Å². The molecule has 5 heteroatoms. The van der Waals surface area contributed by atoms with Crippen LogP contribution in [0.15, 0.2) is 36.4 Å². The number of amides is 1. The molecule has 0 saturated carbocycles. The van der Waals surface area contributed by atoms with E-state index < -0.39 is 0 Å². The number of benzene rings is 2. The minimum Gasteiger partial charge on any atom is -0.484 e. The van der Waals surface area contributed by atoms with E-state index in [1.54, 1.807) is 24.3 Å². The van der Waals surface area contributed by atoms with Gasteiger partial charge in [0.05, 0.1) is 11.4 Å². The summed E-state index contributed by atoms with van der Waals surface area (Å²) in [7, 11) is 0. The molecule has 0 aliphatic heterocycles. The summed E-state index contributed by atoms with van der Waals surface area (Å²) < 4.78 is 5.39. The lowest BCUT2D eigenvalue weighted by Crippen LogP contribution is -2.21. The molecular formula is C16H17ClN2O2. The Morgan fingerprint density at radius 1 is 1.24 bits per heavy atom. The highest BCUT2D eigenvalue weighted by Crippen LogP contribution is 2.24. The molecule has 0 fully saturated rings. The molecule has 0 heterocycles. The zero-order chi connectivity index (χ0) is 15.4. The Morgan fingerprint density at radius 3 is 2.52 bits per heavy atom. The molecule has 0 saturated heterocycles. The van der Waals surface area contributed by atoms with Crippen molar-refractivity contribution in [3.8, 4) is 5.75 Å². The molecule has 0 spiro atoms. The van der Waals surface area contributed by atoms with Crippen molar-refractivity contribution in [3.63, 3.8) is 0 Å². The molecule has 0 radical (unpaired) electrons. The van der Waals surface area contributed by atoms with E-state index in [1.807, 2.05) is 26.0 Å². The number of nitrogens with two attached hydrogens (primary N) is 1. The summed E-state index contributed by atoms with van der Waals surface area (Å²) in [6, 6.07) is 10.6. The van der Waals surface area contributed by atoms with Crippen LogP contribution in [0.3, 0.4) is 0 Å². The van der Waals surface area contributed by atoms with Crippen molar-refractivity contribution in [1.29, 1.82) is 0 Å². The minimum atomic E-state index is -0.261. The number of aryl methyl sites for hydroxylation is 2. The maximum absolute atomic E-state index is 11.9. The molecule has 0 bridgehead atoms. The van der Waals surface area contributed by atoms with Crippen molar-refractivity contribution in [1.82, 2.24) is 0 Å². The largest absolute Gasteiger partial charge is 0.484 e. The smallest absolute Gasteiger partial charge is 0.262 e. The first-order valence-corrected chi connectivity index (χ1v) is 6.88. The second kappa shape index (κ2) is 6.50. The van der Waals surface area contributed by atoms with Gasteiger partial charge in [0.15, 0.2) is 6.61 Å². The van der Waals surface area contributed by atoms with Gasteiger partial charge in [-0.1, -0.05) is 17.7 Å². The standard InChI is InChI=1S/C16H17ClN2O2/c1-10-7-11(2)16(14(18)8-10)19-15(20)9-21-13-5-3-12(17)4-6-13/h3-8H,9,18H2,1-2H3,(H,19,20). The van der Waals surface area contributed by atoms with Crippen LogP contribution in [0.5, 0.6) is 5.75 Å². The molecule has 3 N–H and O–H groups in total. The molecule has 2 aromatic rings. The lowest BCUT2D eigenvalue weighted by Gasteiger charge is -2.13. The molecule has 110 valence electrons. The van der Waals surface area contributed by atoms with Crippen LogP contribution in [0, 0.1) is 13.8 Å². The summed E-state index contributed by atoms with van der Waals surface area (Å²) in [6.07, 6.45) is 0. The second-order valence-electron chi connectivity index (χ2n) is 4.84. The molecule has 0 aromatic heterocycles. The fourth-order valence-corrected chi connectivity index (χ4v) is 2.15. The Bertz CT molecular complexity index is 631. The Labute approximate surface area is 128 Å². The van der Waals surface area contributed by atoms with Crippen molar-refractivity contribution >= 4 is 28.9 Å². The summed E-state index contributed by atoms with van der Waals surface area (Å²) in [5.41, 5.74) is 9.08. The first-order valence-electron chi connectivity index (χ1n) is 6.50. The number of anilines is 2. The molecule has 0 aliphatic carbocycles. The highest BCUT2D eigenvalue weighted by atomic mass is 35.5. The normalized spacial score (nSPS) is 10.2. The van der Waals surface area contributed by atoms with Crippen LogP contribution in [-0.2, 0) is 4.79 Å². The van der Waals surface area contributed by atoms with Crippen LogP contribution in [0.2, 0.25) is 5.02 Å². The molecule has 1 amide bonds. The fraction of sp³-hybridized carbons (Fsp3) is 0.188. The Hall–Kier alpha value is -2.20. The summed E-state index contributed by atoms with van der Waals surface area (Å²) in [5.74, 6) is 0.326. The molecule has 0 atom stereocenters. The number of carbonyl (C=O) groups excluding carboxylic acids is 1. The average Bonchev–Trinajstić information content (AvgIpc) is 2.42. The van der Waals surface area contributed by atoms with Crippen LogP contribution < -0.4 is 15.8 Å². The summed E-state index contributed by atoms with van der Waals surface area (Å²) in [5, 5.41) is 3.39. The summed E-state index contributed by atoms with van der Waals surface area (Å²) in [6.45, 7) is 3.77. The molecule has 21 heavy (non-hydrogen) atoms. The molecule has 0 unspecified atom stereocenters. The monoisotopic (exact) mass is 304 g/mol. The van der Waals surface area contributed by atoms with Crippen LogP contribution in [0.25, 0.3) is 0 Å². The molecule has 2 aromatic carbocycles. The van der Waals surface area contributed by atoms with E-state index in [0.29, 0.717) is 22.1 Å². The van der Waals surface area contributed by atoms with E-state index in [1.165, 1.54) is 0 Å². The van der Waals surface area contributed by atoms with Crippen LogP contribution in [0.1, 0.15) is 11.1 Å². The minimum absolute atomic E-state index is 0.0889. The van der Waals surface area contributed by atoms with Gasteiger partial charge in [-0.3, -0.25) is 4.79 Å². The van der Waals surface area contributed by atoms with E-state index in [-0.39, 0.29) is 12.5 Å². The van der Waals surface area contributed by atoms with Crippen LogP contribution in [-0.4, -0.2) is 12.5 Å². The summed E-state index contributed by atoms with van der Waals surface area (Å²) >= 11 is 5.78. The number of rotatable bonds is 4. The van der Waals surface area contributed by atoms with E-state index in [2.05, 4.69) is 5.32 Å². The van der Waals surface area contributed by atoms with Gasteiger partial charge in [0.2, 0.25) is 0 Å². The predicted molar refractivity (Wildman–Crippen MR) is 85.9 cm³/mol. The zero-order valence-electron chi connectivity index (χ0n) is 11.9. The predicted octanol–water partition coefficient (Wildman–Crippen LogP) is 3.56. The number of carbonyl (C=O) groups is 1. The third kappa shape index (κ3) is 4.13. The van der Waals surface area contributed by atoms with E-state index in [9.17, 15) is 4.79 Å². The Morgan fingerprint density at radius 2 is 1.90 bits per heavy atom. The van der Waals surface area contributed by atoms with Gasteiger partial charge in [-0.05, 0) is 55.3 Å². The lowest BCUT2D eigenvalue weighted by atomic mass is 10.1. The zero-order valence-corrected chi connectivity index (χ0v) is 12.7. The second-order valence-corrected chi connectivity index (χ2v) is 5.27. The molecule has 2 rings (SSSR count). The topological polar surface area (TPSA) is 64.3 Å². The van der Waals surface area contributed by atoms with Gasteiger partial charge in [-0.25, -0.2) is 0 Å². The quantitative estimate of drug-likeness (QED) is 0.849. The first kappa shape index (κ1) is 15.2. The van der Waals surface area contributed by atoms with Crippen LogP contribution in [0.4, 0.5) is 11.4 Å². The third-order valence-corrected chi connectivity index (χ3v) is 3.21. The van der Waals surface area contributed by atoms with Crippen LogP contribution >= 0.6 is 11.6 Å². The number of ether oxygens (including phenoxy) is 1. The van der Waals surface area contributed by atoms with Crippen molar-refractivity contribution in [2.45, 2.75) is 13.8 Å². The van der Waals surface area contributed by atoms with Gasteiger partial charge in [0.1, 0.15) is 5.75 Å². The number of hydrogen-bond donors (Lipinski definition) is 2. The first-order chi connectivity index (χ1) is 9.95. The van der Waals surface area contributed by atoms with Gasteiger partial charge >= 0.3 is 0 Å². The number of nitrogens with one attached hydrogen (secondary N) is 1. The molecule has 4 nitrogen and oxygen atoms in total.